The minimum absolute atomic E-state index is 0. The largest absolute Gasteiger partial charge is 0.491 e. The molecule has 0 aliphatic rings. The Kier molecular flexibility index (Phi) is 10.8. The van der Waals surface area contributed by atoms with Gasteiger partial charge in [0, 0.05) is 25.5 Å². The van der Waals surface area contributed by atoms with E-state index in [2.05, 4.69) is 20.7 Å². The molecule has 0 fully saturated rings. The predicted molar refractivity (Wildman–Crippen MR) is 119 cm³/mol. The maximum absolute atomic E-state index is 10.4. The van der Waals surface area contributed by atoms with Gasteiger partial charge in [-0.3, -0.25) is 9.67 Å². The Hall–Kier alpha value is -1.81. The van der Waals surface area contributed by atoms with Crippen molar-refractivity contribution in [3.63, 3.8) is 0 Å². The molecule has 0 bridgehead atoms. The highest BCUT2D eigenvalue weighted by atomic mass is 127. The number of aliphatic hydroxyl groups is 1. The Labute approximate surface area is 178 Å². The molecule has 7 nitrogen and oxygen atoms in total. The molecule has 8 heteroatoms. The summed E-state index contributed by atoms with van der Waals surface area (Å²) in [4.78, 5) is 4.47. The quantitative estimate of drug-likeness (QED) is 0.288. The number of ether oxygens (including phenoxy) is 1. The summed E-state index contributed by atoms with van der Waals surface area (Å²) in [5.41, 5.74) is 0.791. The summed E-state index contributed by atoms with van der Waals surface area (Å²) in [5, 5.41) is 21.0. The number of halogens is 1. The predicted octanol–water partition coefficient (Wildman–Crippen LogP) is 2.58. The molecule has 150 valence electrons. The third kappa shape index (κ3) is 8.61. The van der Waals surface area contributed by atoms with Crippen molar-refractivity contribution in [3.8, 4) is 5.75 Å². The van der Waals surface area contributed by atoms with E-state index in [0.29, 0.717) is 12.5 Å². The van der Waals surface area contributed by atoms with Crippen LogP contribution < -0.4 is 15.4 Å². The van der Waals surface area contributed by atoms with Crippen LogP contribution in [-0.2, 0) is 6.54 Å². The lowest BCUT2D eigenvalue weighted by Gasteiger charge is -2.15. The fourth-order valence-corrected chi connectivity index (χ4v) is 2.41. The minimum atomic E-state index is -0.688. The molecule has 0 saturated heterocycles. The molecule has 0 radical (unpaired) electrons. The van der Waals surface area contributed by atoms with Crippen LogP contribution in [0.4, 0.5) is 0 Å². The molecule has 1 atom stereocenters. The van der Waals surface area contributed by atoms with Crippen LogP contribution in [0.2, 0.25) is 0 Å². The van der Waals surface area contributed by atoms with Gasteiger partial charge in [-0.1, -0.05) is 12.1 Å². The van der Waals surface area contributed by atoms with Crippen LogP contribution in [0.5, 0.6) is 5.75 Å². The molecule has 0 saturated carbocycles. The van der Waals surface area contributed by atoms with Gasteiger partial charge in [0.15, 0.2) is 5.96 Å². The average molecular weight is 487 g/mol. The molecule has 0 amide bonds. The third-order valence-electron chi connectivity index (χ3n) is 3.57. The summed E-state index contributed by atoms with van der Waals surface area (Å²) in [7, 11) is 0. The van der Waals surface area contributed by atoms with E-state index in [-0.39, 0.29) is 36.6 Å². The standard InChI is InChI=1S/C19H29N5O2.HI/c1-4-20-19(21-10-12-24-11-6-9-23-24)22-14-18(25)16-7-5-8-17(13-16)26-15(2)3;/h5-9,11,13,15,18,25H,4,10,12,14H2,1-3H3,(H2,20,21,22);1H. The highest BCUT2D eigenvalue weighted by Gasteiger charge is 2.09. The number of guanidine groups is 1. The number of benzene rings is 1. The van der Waals surface area contributed by atoms with Crippen molar-refractivity contribution in [2.75, 3.05) is 19.6 Å². The average Bonchev–Trinajstić information content (AvgIpc) is 3.12. The molecular formula is C19H30IN5O2. The zero-order valence-corrected chi connectivity index (χ0v) is 18.5. The second kappa shape index (κ2) is 12.6. The topological polar surface area (TPSA) is 83.7 Å². The maximum Gasteiger partial charge on any atom is 0.191 e. The van der Waals surface area contributed by atoms with Gasteiger partial charge in [0.05, 0.1) is 25.3 Å². The van der Waals surface area contributed by atoms with Gasteiger partial charge in [0.1, 0.15) is 5.75 Å². The van der Waals surface area contributed by atoms with Gasteiger partial charge in [0.2, 0.25) is 0 Å². The van der Waals surface area contributed by atoms with Crippen LogP contribution in [0.25, 0.3) is 0 Å². The SMILES string of the molecule is CCNC(=NCC(O)c1cccc(OC(C)C)c1)NCCn1cccn1.I. The summed E-state index contributed by atoms with van der Waals surface area (Å²) in [6.45, 7) is 8.42. The number of nitrogens with zero attached hydrogens (tertiary/aromatic N) is 3. The van der Waals surface area contributed by atoms with Crippen molar-refractivity contribution in [1.29, 1.82) is 0 Å². The van der Waals surface area contributed by atoms with Gasteiger partial charge >= 0.3 is 0 Å². The lowest BCUT2D eigenvalue weighted by Crippen LogP contribution is -2.39. The maximum atomic E-state index is 10.4. The molecule has 2 rings (SSSR count). The van der Waals surface area contributed by atoms with Crippen molar-refractivity contribution < 1.29 is 9.84 Å². The van der Waals surface area contributed by atoms with Crippen LogP contribution >= 0.6 is 24.0 Å². The summed E-state index contributed by atoms with van der Waals surface area (Å²) in [6, 6.07) is 9.41. The number of rotatable bonds is 9. The van der Waals surface area contributed by atoms with E-state index in [0.717, 1.165) is 24.4 Å². The molecule has 1 aromatic heterocycles. The van der Waals surface area contributed by atoms with Crippen molar-refractivity contribution in [3.05, 3.63) is 48.3 Å². The smallest absolute Gasteiger partial charge is 0.191 e. The van der Waals surface area contributed by atoms with Gasteiger partial charge < -0.3 is 20.5 Å². The second-order valence-electron chi connectivity index (χ2n) is 6.17. The Morgan fingerprint density at radius 2 is 2.11 bits per heavy atom. The molecule has 3 N–H and O–H groups in total. The second-order valence-corrected chi connectivity index (χ2v) is 6.17. The lowest BCUT2D eigenvalue weighted by molar-refractivity contribution is 0.185. The summed E-state index contributed by atoms with van der Waals surface area (Å²) >= 11 is 0. The number of aliphatic imine (C=N–C) groups is 1. The first-order valence-electron chi connectivity index (χ1n) is 9.02. The number of aliphatic hydroxyl groups excluding tert-OH is 1. The van der Waals surface area contributed by atoms with Crippen molar-refractivity contribution in [2.24, 2.45) is 4.99 Å². The molecule has 1 heterocycles. The zero-order chi connectivity index (χ0) is 18.8. The summed E-state index contributed by atoms with van der Waals surface area (Å²) in [6.07, 6.45) is 3.08. The van der Waals surface area contributed by atoms with E-state index < -0.39 is 6.10 Å². The first-order valence-corrected chi connectivity index (χ1v) is 9.02. The minimum Gasteiger partial charge on any atom is -0.491 e. The number of hydrogen-bond acceptors (Lipinski definition) is 4. The molecule has 1 aromatic carbocycles. The molecule has 0 aliphatic carbocycles. The fourth-order valence-electron chi connectivity index (χ4n) is 2.41. The number of hydrogen-bond donors (Lipinski definition) is 3. The van der Waals surface area contributed by atoms with Crippen molar-refractivity contribution >= 4 is 29.9 Å². The number of nitrogens with one attached hydrogen (secondary N) is 2. The van der Waals surface area contributed by atoms with Crippen LogP contribution in [-0.4, -0.2) is 46.6 Å². The van der Waals surface area contributed by atoms with Crippen LogP contribution in [0.3, 0.4) is 0 Å². The molecule has 0 aliphatic heterocycles. The normalized spacial score (nSPS) is 12.4. The van der Waals surface area contributed by atoms with E-state index in [9.17, 15) is 5.11 Å². The van der Waals surface area contributed by atoms with Gasteiger partial charge in [0.25, 0.3) is 0 Å². The Bertz CT molecular complexity index is 676. The van der Waals surface area contributed by atoms with Crippen LogP contribution in [0, 0.1) is 0 Å². The van der Waals surface area contributed by atoms with E-state index >= 15 is 0 Å². The Morgan fingerprint density at radius 3 is 2.78 bits per heavy atom. The van der Waals surface area contributed by atoms with Gasteiger partial charge in [-0.15, -0.1) is 24.0 Å². The first kappa shape index (κ1) is 23.2. The molecular weight excluding hydrogens is 457 g/mol. The molecule has 2 aromatic rings. The third-order valence-corrected chi connectivity index (χ3v) is 3.57. The lowest BCUT2D eigenvalue weighted by atomic mass is 10.1. The van der Waals surface area contributed by atoms with Gasteiger partial charge in [-0.25, -0.2) is 0 Å². The molecule has 27 heavy (non-hydrogen) atoms. The molecule has 0 spiro atoms. The van der Waals surface area contributed by atoms with E-state index in [1.54, 1.807) is 6.20 Å². The van der Waals surface area contributed by atoms with Crippen LogP contribution in [0.1, 0.15) is 32.4 Å². The number of aromatic nitrogens is 2. The van der Waals surface area contributed by atoms with Crippen LogP contribution in [0.15, 0.2) is 47.7 Å². The van der Waals surface area contributed by atoms with Crippen molar-refractivity contribution in [2.45, 2.75) is 39.5 Å². The Balaban J connectivity index is 0.00000364. The molecule has 1 unspecified atom stereocenters. The highest BCUT2D eigenvalue weighted by Crippen LogP contribution is 2.20. The van der Waals surface area contributed by atoms with E-state index in [1.807, 2.05) is 62.0 Å². The first-order chi connectivity index (χ1) is 12.6. The summed E-state index contributed by atoms with van der Waals surface area (Å²) < 4.78 is 7.53. The Morgan fingerprint density at radius 1 is 1.30 bits per heavy atom. The van der Waals surface area contributed by atoms with E-state index in [4.69, 9.17) is 4.74 Å². The van der Waals surface area contributed by atoms with Gasteiger partial charge in [-0.05, 0) is 44.5 Å². The zero-order valence-electron chi connectivity index (χ0n) is 16.1. The monoisotopic (exact) mass is 487 g/mol. The van der Waals surface area contributed by atoms with E-state index in [1.165, 1.54) is 0 Å². The summed E-state index contributed by atoms with van der Waals surface area (Å²) in [5.74, 6) is 1.43. The van der Waals surface area contributed by atoms with Crippen molar-refractivity contribution in [1.82, 2.24) is 20.4 Å². The van der Waals surface area contributed by atoms with Gasteiger partial charge in [-0.2, -0.15) is 5.10 Å². The highest BCUT2D eigenvalue weighted by molar-refractivity contribution is 14.0. The fraction of sp³-hybridized carbons (Fsp3) is 0.474.